The maximum atomic E-state index is 12.7. The van der Waals surface area contributed by atoms with Gasteiger partial charge in [-0.2, -0.15) is 5.21 Å². The average molecular weight is 302 g/mol. The molecule has 0 atom stereocenters. The molecule has 3 aromatic rings. The molecule has 0 saturated heterocycles. The summed E-state index contributed by atoms with van der Waals surface area (Å²) in [6.07, 6.45) is 1.39. The number of rotatable bonds is 2. The average Bonchev–Trinajstić information content (AvgIpc) is 3.13. The summed E-state index contributed by atoms with van der Waals surface area (Å²) in [6.45, 7) is 0. The molecule has 1 heterocycles. The van der Waals surface area contributed by atoms with Gasteiger partial charge in [-0.15, -0.1) is 10.2 Å². The number of Topliss-reactive ketones (excluding diaryl/α,β-unsaturated/α-hetero) is 1. The molecule has 1 N–H and O–H groups in total. The van der Waals surface area contributed by atoms with Gasteiger partial charge in [0.25, 0.3) is 0 Å². The summed E-state index contributed by atoms with van der Waals surface area (Å²) in [5.74, 6) is 0.0140. The highest BCUT2D eigenvalue weighted by Crippen LogP contribution is 2.29. The molecular weight excluding hydrogens is 292 g/mol. The number of hydrogen-bond donors (Lipinski definition) is 1. The molecule has 0 saturated carbocycles. The molecule has 110 valence electrons. The summed E-state index contributed by atoms with van der Waals surface area (Å²) in [5, 5.41) is 13.6. The molecule has 0 bridgehead atoms. The summed E-state index contributed by atoms with van der Waals surface area (Å²) in [6, 6.07) is 14.1. The van der Waals surface area contributed by atoms with Crippen molar-refractivity contribution in [3.63, 3.8) is 0 Å². The van der Waals surface area contributed by atoms with Crippen molar-refractivity contribution in [1.29, 1.82) is 0 Å². The van der Waals surface area contributed by atoms with E-state index < -0.39 is 0 Å². The number of carbonyl (C=O) groups excluding carboxylic acids is 2. The number of H-pyrrole nitrogens is 1. The highest BCUT2D eigenvalue weighted by Gasteiger charge is 2.27. The van der Waals surface area contributed by atoms with Crippen LogP contribution in [0.4, 0.5) is 0 Å². The molecule has 2 aromatic carbocycles. The monoisotopic (exact) mass is 302 g/mol. The van der Waals surface area contributed by atoms with Crippen molar-refractivity contribution < 1.29 is 9.59 Å². The Hall–Kier alpha value is -3.41. The lowest BCUT2D eigenvalue weighted by atomic mass is 9.85. The minimum atomic E-state index is -0.205. The summed E-state index contributed by atoms with van der Waals surface area (Å²) in [7, 11) is 0. The zero-order valence-corrected chi connectivity index (χ0v) is 11.9. The van der Waals surface area contributed by atoms with Crippen molar-refractivity contribution in [2.75, 3.05) is 0 Å². The largest absolute Gasteiger partial charge is 0.289 e. The predicted molar refractivity (Wildman–Crippen MR) is 82.7 cm³/mol. The van der Waals surface area contributed by atoms with Gasteiger partial charge in [0, 0.05) is 22.3 Å². The van der Waals surface area contributed by atoms with E-state index in [0.29, 0.717) is 28.1 Å². The minimum absolute atomic E-state index is 0.162. The van der Waals surface area contributed by atoms with E-state index in [9.17, 15) is 9.59 Å². The third-order valence-electron chi connectivity index (χ3n) is 3.74. The fourth-order valence-corrected chi connectivity index (χ4v) is 2.62. The molecular formula is C17H10N4O2. The molecule has 6 nitrogen and oxygen atoms in total. The Morgan fingerprint density at radius 1 is 0.870 bits per heavy atom. The number of hydrogen-bond acceptors (Lipinski definition) is 5. The summed E-state index contributed by atoms with van der Waals surface area (Å²) in [5.41, 5.74) is 2.53. The van der Waals surface area contributed by atoms with E-state index in [1.54, 1.807) is 18.2 Å². The lowest BCUT2D eigenvalue weighted by Gasteiger charge is -2.15. The normalized spacial score (nSPS) is 13.7. The number of benzene rings is 2. The first-order chi connectivity index (χ1) is 11.2. The van der Waals surface area contributed by atoms with Gasteiger partial charge in [-0.05, 0) is 29.0 Å². The van der Waals surface area contributed by atoms with E-state index in [0.717, 1.165) is 5.56 Å². The van der Waals surface area contributed by atoms with Crippen LogP contribution in [0.3, 0.4) is 0 Å². The van der Waals surface area contributed by atoms with Crippen molar-refractivity contribution in [1.82, 2.24) is 20.6 Å². The van der Waals surface area contributed by atoms with E-state index >= 15 is 0 Å². The molecule has 1 aliphatic carbocycles. The highest BCUT2D eigenvalue weighted by atomic mass is 16.1. The van der Waals surface area contributed by atoms with Gasteiger partial charge in [-0.3, -0.25) is 9.59 Å². The second kappa shape index (κ2) is 5.10. The van der Waals surface area contributed by atoms with Gasteiger partial charge in [0.1, 0.15) is 0 Å². The number of ketones is 2. The smallest absolute Gasteiger partial charge is 0.204 e. The van der Waals surface area contributed by atoms with Crippen LogP contribution in [-0.4, -0.2) is 32.2 Å². The van der Waals surface area contributed by atoms with Gasteiger partial charge in [-0.25, -0.2) is 0 Å². The van der Waals surface area contributed by atoms with Crippen molar-refractivity contribution in [3.05, 3.63) is 71.3 Å². The van der Waals surface area contributed by atoms with E-state index in [4.69, 9.17) is 0 Å². The second-order valence-electron chi connectivity index (χ2n) is 5.11. The van der Waals surface area contributed by atoms with Crippen molar-refractivity contribution in [2.24, 2.45) is 0 Å². The Bertz CT molecular complexity index is 944. The third-order valence-corrected chi connectivity index (χ3v) is 3.74. The lowest BCUT2D eigenvalue weighted by molar-refractivity contribution is 0.100. The Morgan fingerprint density at radius 3 is 2.43 bits per heavy atom. The van der Waals surface area contributed by atoms with Gasteiger partial charge in [-0.1, -0.05) is 36.4 Å². The molecule has 0 spiro atoms. The Labute approximate surface area is 130 Å². The molecule has 6 heteroatoms. The fourth-order valence-electron chi connectivity index (χ4n) is 2.62. The molecule has 1 aromatic heterocycles. The zero-order chi connectivity index (χ0) is 15.8. The Kier molecular flexibility index (Phi) is 2.94. The first-order valence-electron chi connectivity index (χ1n) is 6.98. The molecule has 4 rings (SSSR count). The fraction of sp³-hybridized carbons (Fsp3) is 0. The Morgan fingerprint density at radius 2 is 1.70 bits per heavy atom. The van der Waals surface area contributed by atoms with Gasteiger partial charge in [0.05, 0.1) is 0 Å². The standard InChI is InChI=1S/C17H10N4O2/c22-15-9-13(10-4-2-1-3-5-10)16(23)12-7-6-11(8-14(12)15)17-18-20-21-19-17/h1-9H,(H,18,19,20,21). The van der Waals surface area contributed by atoms with Crippen LogP contribution < -0.4 is 0 Å². The van der Waals surface area contributed by atoms with Crippen molar-refractivity contribution in [3.8, 4) is 11.4 Å². The molecule has 0 aliphatic heterocycles. The van der Waals surface area contributed by atoms with Crippen LogP contribution >= 0.6 is 0 Å². The van der Waals surface area contributed by atoms with Crippen LogP contribution in [0.5, 0.6) is 0 Å². The van der Waals surface area contributed by atoms with Gasteiger partial charge < -0.3 is 0 Å². The van der Waals surface area contributed by atoms with Crippen LogP contribution in [0.2, 0.25) is 0 Å². The molecule has 0 fully saturated rings. The number of aromatic nitrogens is 4. The van der Waals surface area contributed by atoms with E-state index in [2.05, 4.69) is 20.6 Å². The zero-order valence-electron chi connectivity index (χ0n) is 11.9. The maximum Gasteiger partial charge on any atom is 0.204 e. The summed E-state index contributed by atoms with van der Waals surface area (Å²) < 4.78 is 0. The van der Waals surface area contributed by atoms with Crippen molar-refractivity contribution in [2.45, 2.75) is 0 Å². The van der Waals surface area contributed by atoms with Gasteiger partial charge in [0.2, 0.25) is 5.82 Å². The number of nitrogens with one attached hydrogen (secondary N) is 1. The number of nitrogens with zero attached hydrogens (tertiary/aromatic N) is 3. The number of tetrazole rings is 1. The predicted octanol–water partition coefficient (Wildman–Crippen LogP) is 2.33. The number of fused-ring (bicyclic) bond motifs is 1. The molecule has 0 radical (unpaired) electrons. The van der Waals surface area contributed by atoms with E-state index in [-0.39, 0.29) is 11.6 Å². The number of carbonyl (C=O) groups is 2. The quantitative estimate of drug-likeness (QED) is 0.784. The SMILES string of the molecule is O=C1C=C(c2ccccc2)C(=O)c2ccc(-c3nn[nH]n3)cc21. The summed E-state index contributed by atoms with van der Waals surface area (Å²) in [4.78, 5) is 25.1. The summed E-state index contributed by atoms with van der Waals surface area (Å²) >= 11 is 0. The minimum Gasteiger partial charge on any atom is -0.289 e. The van der Waals surface area contributed by atoms with Crippen molar-refractivity contribution >= 4 is 17.1 Å². The maximum absolute atomic E-state index is 12.7. The van der Waals surface area contributed by atoms with E-state index in [1.165, 1.54) is 6.08 Å². The Balaban J connectivity index is 1.82. The molecule has 1 aliphatic rings. The van der Waals surface area contributed by atoms with Crippen LogP contribution in [0.15, 0.2) is 54.6 Å². The third kappa shape index (κ3) is 2.17. The molecule has 0 unspecified atom stereocenters. The molecule has 23 heavy (non-hydrogen) atoms. The van der Waals surface area contributed by atoms with E-state index in [1.807, 2.05) is 30.3 Å². The lowest BCUT2D eigenvalue weighted by Crippen LogP contribution is -2.16. The van der Waals surface area contributed by atoms with Crippen LogP contribution in [0.25, 0.3) is 17.0 Å². The first kappa shape index (κ1) is 13.3. The highest BCUT2D eigenvalue weighted by molar-refractivity contribution is 6.38. The molecule has 0 amide bonds. The van der Waals surface area contributed by atoms with Crippen LogP contribution in [0.1, 0.15) is 26.3 Å². The van der Waals surface area contributed by atoms with Gasteiger partial charge in [0.15, 0.2) is 11.6 Å². The topological polar surface area (TPSA) is 88.6 Å². The first-order valence-corrected chi connectivity index (χ1v) is 6.98. The number of allylic oxidation sites excluding steroid dienone is 2. The van der Waals surface area contributed by atoms with Crippen LogP contribution in [-0.2, 0) is 0 Å². The second-order valence-corrected chi connectivity index (χ2v) is 5.11. The number of aromatic amines is 1. The van der Waals surface area contributed by atoms with Crippen LogP contribution in [0, 0.1) is 0 Å². The van der Waals surface area contributed by atoms with Gasteiger partial charge >= 0.3 is 0 Å².